The Hall–Kier alpha value is -2.10. The molecule has 1 aliphatic heterocycles. The van der Waals surface area contributed by atoms with Crippen LogP contribution in [0.25, 0.3) is 0 Å². The summed E-state index contributed by atoms with van der Waals surface area (Å²) in [7, 11) is 0. The van der Waals surface area contributed by atoms with E-state index in [0.717, 1.165) is 24.0 Å². The molecule has 116 valence electrons. The number of carbonyl (C=O) groups is 2. The average Bonchev–Trinajstić information content (AvgIpc) is 2.75. The molecule has 1 aliphatic carbocycles. The lowest BCUT2D eigenvalue weighted by Gasteiger charge is -2.30. The Balaban J connectivity index is 1.75. The monoisotopic (exact) mass is 299 g/mol. The van der Waals surface area contributed by atoms with Crippen molar-refractivity contribution in [3.63, 3.8) is 0 Å². The van der Waals surface area contributed by atoms with E-state index in [1.807, 2.05) is 30.3 Å². The van der Waals surface area contributed by atoms with Crippen molar-refractivity contribution in [1.29, 1.82) is 0 Å². The normalized spacial score (nSPS) is 20.1. The predicted octanol–water partition coefficient (Wildman–Crippen LogP) is 3.67. The first kappa shape index (κ1) is 14.8. The number of ketones is 1. The van der Waals surface area contributed by atoms with E-state index in [1.54, 1.807) is 4.90 Å². The lowest BCUT2D eigenvalue weighted by atomic mass is 9.82. The van der Waals surface area contributed by atoms with E-state index >= 15 is 0 Å². The summed E-state index contributed by atoms with van der Waals surface area (Å²) < 4.78 is 5.39. The van der Waals surface area contributed by atoms with Crippen LogP contribution in [0, 0.1) is 5.41 Å². The molecule has 4 nitrogen and oxygen atoms in total. The molecule has 3 rings (SSSR count). The van der Waals surface area contributed by atoms with Gasteiger partial charge in [-0.2, -0.15) is 0 Å². The number of hydrogen-bond acceptors (Lipinski definition) is 3. The minimum Gasteiger partial charge on any atom is -0.444 e. The number of benzene rings is 1. The predicted molar refractivity (Wildman–Crippen MR) is 83.0 cm³/mol. The molecule has 22 heavy (non-hydrogen) atoms. The quantitative estimate of drug-likeness (QED) is 0.837. The Morgan fingerprint density at radius 3 is 2.73 bits per heavy atom. The van der Waals surface area contributed by atoms with Crippen LogP contribution in [0.4, 0.5) is 4.79 Å². The summed E-state index contributed by atoms with van der Waals surface area (Å²) >= 11 is 0. The van der Waals surface area contributed by atoms with Crippen LogP contribution in [0.3, 0.4) is 0 Å². The molecule has 4 heteroatoms. The largest absolute Gasteiger partial charge is 0.444 e. The molecule has 1 aromatic carbocycles. The fourth-order valence-corrected chi connectivity index (χ4v) is 3.36. The van der Waals surface area contributed by atoms with Gasteiger partial charge in [-0.3, -0.25) is 9.69 Å². The first-order valence-electron chi connectivity index (χ1n) is 7.74. The van der Waals surface area contributed by atoms with E-state index in [2.05, 4.69) is 13.8 Å². The second-order valence-electron chi connectivity index (χ2n) is 6.61. The Morgan fingerprint density at radius 2 is 2.00 bits per heavy atom. The van der Waals surface area contributed by atoms with Gasteiger partial charge in [-0.1, -0.05) is 44.2 Å². The van der Waals surface area contributed by atoms with Gasteiger partial charge in [0.2, 0.25) is 0 Å². The maximum atomic E-state index is 12.4. The van der Waals surface area contributed by atoms with Crippen molar-refractivity contribution in [3.05, 3.63) is 47.2 Å². The Bertz CT molecular complexity index is 631. The summed E-state index contributed by atoms with van der Waals surface area (Å²) in [5, 5.41) is 0. The molecule has 1 amide bonds. The molecule has 2 aliphatic rings. The van der Waals surface area contributed by atoms with Gasteiger partial charge in [-0.05, 0) is 29.4 Å². The van der Waals surface area contributed by atoms with Gasteiger partial charge in [-0.25, -0.2) is 4.79 Å². The van der Waals surface area contributed by atoms with E-state index in [0.29, 0.717) is 18.7 Å². The maximum Gasteiger partial charge on any atom is 0.414 e. The lowest BCUT2D eigenvalue weighted by molar-refractivity contribution is -0.117. The van der Waals surface area contributed by atoms with Crippen LogP contribution < -0.4 is 0 Å². The Morgan fingerprint density at radius 1 is 1.27 bits per heavy atom. The van der Waals surface area contributed by atoms with E-state index in [-0.39, 0.29) is 17.8 Å². The fraction of sp³-hybridized carbons (Fsp3) is 0.444. The molecule has 0 aromatic heterocycles. The zero-order valence-corrected chi connectivity index (χ0v) is 13.1. The highest BCUT2D eigenvalue weighted by atomic mass is 16.6. The van der Waals surface area contributed by atoms with Gasteiger partial charge in [0.1, 0.15) is 6.61 Å². The van der Waals surface area contributed by atoms with E-state index in [9.17, 15) is 9.59 Å². The van der Waals surface area contributed by atoms with Crippen LogP contribution in [-0.2, 0) is 16.1 Å². The number of carbonyl (C=O) groups excluding carboxylic acids is 2. The van der Waals surface area contributed by atoms with E-state index in [1.165, 1.54) is 0 Å². The Labute approximate surface area is 130 Å². The molecular weight excluding hydrogens is 278 g/mol. The Kier molecular flexibility index (Phi) is 3.77. The summed E-state index contributed by atoms with van der Waals surface area (Å²) in [6, 6.07) is 9.57. The first-order valence-corrected chi connectivity index (χ1v) is 7.74. The van der Waals surface area contributed by atoms with Crippen LogP contribution in [-0.4, -0.2) is 23.3 Å². The SMILES string of the molecule is CC1(C)CC(=O)C2=C1CCCN2C(=O)OCc1ccccc1. The van der Waals surface area contributed by atoms with Crippen molar-refractivity contribution in [3.8, 4) is 0 Å². The smallest absolute Gasteiger partial charge is 0.414 e. The van der Waals surface area contributed by atoms with Crippen molar-refractivity contribution in [2.75, 3.05) is 6.54 Å². The maximum absolute atomic E-state index is 12.4. The number of allylic oxidation sites excluding steroid dienone is 2. The van der Waals surface area contributed by atoms with Gasteiger partial charge in [-0.15, -0.1) is 0 Å². The molecule has 0 N–H and O–H groups in total. The highest BCUT2D eigenvalue weighted by molar-refractivity contribution is 6.02. The van der Waals surface area contributed by atoms with Gasteiger partial charge in [0, 0.05) is 13.0 Å². The molecule has 0 unspecified atom stereocenters. The van der Waals surface area contributed by atoms with Crippen molar-refractivity contribution in [2.24, 2.45) is 5.41 Å². The van der Waals surface area contributed by atoms with E-state index in [4.69, 9.17) is 4.74 Å². The van der Waals surface area contributed by atoms with Crippen LogP contribution in [0.5, 0.6) is 0 Å². The standard InChI is InChI=1S/C18H21NO3/c1-18(2)11-15(20)16-14(18)9-6-10-19(16)17(21)22-12-13-7-4-3-5-8-13/h3-5,7-8H,6,9-12H2,1-2H3. The molecule has 0 spiro atoms. The number of nitrogens with zero attached hydrogens (tertiary/aromatic N) is 1. The summed E-state index contributed by atoms with van der Waals surface area (Å²) in [6.07, 6.45) is 1.86. The molecule has 0 radical (unpaired) electrons. The second kappa shape index (κ2) is 5.59. The zero-order valence-electron chi connectivity index (χ0n) is 13.1. The minimum absolute atomic E-state index is 0.0661. The molecule has 1 aromatic rings. The van der Waals surface area contributed by atoms with Gasteiger partial charge >= 0.3 is 6.09 Å². The molecule has 0 bridgehead atoms. The molecule has 1 heterocycles. The van der Waals surface area contributed by atoms with Crippen LogP contribution in [0.1, 0.15) is 38.7 Å². The summed E-state index contributed by atoms with van der Waals surface area (Å²) in [5.74, 6) is 0.0661. The number of rotatable bonds is 2. The highest BCUT2D eigenvalue weighted by Gasteiger charge is 2.43. The zero-order chi connectivity index (χ0) is 15.7. The molecule has 0 saturated heterocycles. The summed E-state index contributed by atoms with van der Waals surface area (Å²) in [6.45, 7) is 4.95. The van der Waals surface area contributed by atoms with E-state index < -0.39 is 6.09 Å². The lowest BCUT2D eigenvalue weighted by Crippen LogP contribution is -2.36. The van der Waals surface area contributed by atoms with Crippen molar-refractivity contribution >= 4 is 11.9 Å². The van der Waals surface area contributed by atoms with Crippen molar-refractivity contribution in [1.82, 2.24) is 4.90 Å². The van der Waals surface area contributed by atoms with Crippen LogP contribution >= 0.6 is 0 Å². The summed E-state index contributed by atoms with van der Waals surface area (Å²) in [5.41, 5.74) is 2.51. The molecule has 0 atom stereocenters. The van der Waals surface area contributed by atoms with Crippen LogP contribution in [0.2, 0.25) is 0 Å². The van der Waals surface area contributed by atoms with Gasteiger partial charge in [0.25, 0.3) is 0 Å². The molecule has 0 saturated carbocycles. The second-order valence-corrected chi connectivity index (χ2v) is 6.61. The van der Waals surface area contributed by atoms with Gasteiger partial charge < -0.3 is 4.74 Å². The van der Waals surface area contributed by atoms with Crippen LogP contribution in [0.15, 0.2) is 41.6 Å². The van der Waals surface area contributed by atoms with Gasteiger partial charge in [0.05, 0.1) is 5.70 Å². The summed E-state index contributed by atoms with van der Waals surface area (Å²) in [4.78, 5) is 26.2. The van der Waals surface area contributed by atoms with Gasteiger partial charge in [0.15, 0.2) is 5.78 Å². The topological polar surface area (TPSA) is 46.6 Å². The fourth-order valence-electron chi connectivity index (χ4n) is 3.36. The third-order valence-electron chi connectivity index (χ3n) is 4.47. The van der Waals surface area contributed by atoms with Crippen molar-refractivity contribution < 1.29 is 14.3 Å². The third kappa shape index (κ3) is 2.65. The molecular formula is C18H21NO3. The molecule has 0 fully saturated rings. The number of amides is 1. The highest BCUT2D eigenvalue weighted by Crippen LogP contribution is 2.45. The average molecular weight is 299 g/mol. The first-order chi connectivity index (χ1) is 10.5. The number of ether oxygens (including phenoxy) is 1. The minimum atomic E-state index is -0.415. The third-order valence-corrected chi connectivity index (χ3v) is 4.47. The number of Topliss-reactive ketones (excluding diaryl/α,β-unsaturated/α-hetero) is 1. The van der Waals surface area contributed by atoms with Crippen molar-refractivity contribution in [2.45, 2.75) is 39.7 Å². The number of hydrogen-bond donors (Lipinski definition) is 0.